The Balaban J connectivity index is 2.42. The summed E-state index contributed by atoms with van der Waals surface area (Å²) < 4.78 is 6.91. The van der Waals surface area contributed by atoms with Crippen LogP contribution in [-0.2, 0) is 7.05 Å². The monoisotopic (exact) mass is 279 g/mol. The molecule has 2 rings (SSSR count). The molecule has 1 N–H and O–H groups in total. The number of nitrogens with zero attached hydrogens (tertiary/aromatic N) is 3. The summed E-state index contributed by atoms with van der Waals surface area (Å²) in [6.07, 6.45) is 0. The van der Waals surface area contributed by atoms with E-state index in [0.717, 1.165) is 5.82 Å². The molecule has 1 heterocycles. The van der Waals surface area contributed by atoms with Gasteiger partial charge >= 0.3 is 5.97 Å². The van der Waals surface area contributed by atoms with Gasteiger partial charge in [-0.3, -0.25) is 0 Å². The summed E-state index contributed by atoms with van der Waals surface area (Å²) in [6.45, 7) is 1.83. The Bertz CT molecular complexity index is 625. The largest absolute Gasteiger partial charge is 0.497 e. The van der Waals surface area contributed by atoms with E-state index in [4.69, 9.17) is 4.74 Å². The lowest BCUT2D eigenvalue weighted by Crippen LogP contribution is -2.00. The average molecular weight is 279 g/mol. The molecule has 0 bridgehead atoms. The third kappa shape index (κ3) is 2.70. The number of methoxy groups -OCH3 is 1. The highest BCUT2D eigenvalue weighted by Gasteiger charge is 2.15. The molecule has 2 aromatic rings. The molecule has 0 fully saturated rings. The van der Waals surface area contributed by atoms with Gasteiger partial charge in [0.25, 0.3) is 0 Å². The summed E-state index contributed by atoms with van der Waals surface area (Å²) in [5, 5.41) is 17.8. The Hall–Kier alpha value is -2.02. The van der Waals surface area contributed by atoms with Gasteiger partial charge in [-0.1, -0.05) is 0 Å². The summed E-state index contributed by atoms with van der Waals surface area (Å²) in [5.74, 6) is 0.387. The molecule has 0 aliphatic heterocycles. The van der Waals surface area contributed by atoms with Crippen molar-refractivity contribution >= 4 is 17.7 Å². The molecule has 100 valence electrons. The van der Waals surface area contributed by atoms with E-state index < -0.39 is 5.97 Å². The quantitative estimate of drug-likeness (QED) is 0.922. The smallest absolute Gasteiger partial charge is 0.336 e. The van der Waals surface area contributed by atoms with Gasteiger partial charge in [0.15, 0.2) is 5.16 Å². The highest BCUT2D eigenvalue weighted by molar-refractivity contribution is 7.99. The molecular weight excluding hydrogens is 266 g/mol. The van der Waals surface area contributed by atoms with Crippen molar-refractivity contribution in [3.8, 4) is 5.75 Å². The molecule has 6 nitrogen and oxygen atoms in total. The highest BCUT2D eigenvalue weighted by atomic mass is 32.2. The molecule has 0 atom stereocenters. The molecular formula is C12H13N3O3S. The van der Waals surface area contributed by atoms with Crippen molar-refractivity contribution < 1.29 is 14.6 Å². The van der Waals surface area contributed by atoms with Crippen molar-refractivity contribution in [2.75, 3.05) is 7.11 Å². The molecule has 19 heavy (non-hydrogen) atoms. The highest BCUT2D eigenvalue weighted by Crippen LogP contribution is 2.32. The second-order valence-corrected chi connectivity index (χ2v) is 4.87. The van der Waals surface area contributed by atoms with E-state index in [1.807, 2.05) is 14.0 Å². The number of benzene rings is 1. The number of aromatic nitrogens is 3. The molecule has 1 aromatic carbocycles. The normalized spacial score (nSPS) is 10.5. The fraction of sp³-hybridized carbons (Fsp3) is 0.250. The molecule has 0 spiro atoms. The van der Waals surface area contributed by atoms with Crippen molar-refractivity contribution in [1.29, 1.82) is 0 Å². The van der Waals surface area contributed by atoms with Gasteiger partial charge in [-0.05, 0) is 36.9 Å². The van der Waals surface area contributed by atoms with Gasteiger partial charge in [0, 0.05) is 11.9 Å². The first kappa shape index (κ1) is 13.4. The van der Waals surface area contributed by atoms with E-state index in [9.17, 15) is 9.90 Å². The fourth-order valence-corrected chi connectivity index (χ4v) is 2.45. The summed E-state index contributed by atoms with van der Waals surface area (Å²) in [6, 6.07) is 4.82. The number of aryl methyl sites for hydroxylation is 1. The van der Waals surface area contributed by atoms with Crippen LogP contribution in [0.25, 0.3) is 0 Å². The molecule has 7 heteroatoms. The minimum absolute atomic E-state index is 0.214. The summed E-state index contributed by atoms with van der Waals surface area (Å²) >= 11 is 1.25. The van der Waals surface area contributed by atoms with Crippen LogP contribution in [0.5, 0.6) is 5.75 Å². The summed E-state index contributed by atoms with van der Waals surface area (Å²) in [7, 11) is 3.37. The van der Waals surface area contributed by atoms with Gasteiger partial charge in [-0.25, -0.2) is 4.79 Å². The lowest BCUT2D eigenvalue weighted by molar-refractivity contribution is 0.0693. The van der Waals surface area contributed by atoms with Crippen LogP contribution in [0.3, 0.4) is 0 Å². The molecule has 0 radical (unpaired) electrons. The average Bonchev–Trinajstić information content (AvgIpc) is 2.70. The minimum Gasteiger partial charge on any atom is -0.497 e. The zero-order valence-corrected chi connectivity index (χ0v) is 11.6. The van der Waals surface area contributed by atoms with E-state index >= 15 is 0 Å². The predicted molar refractivity (Wildman–Crippen MR) is 69.8 cm³/mol. The van der Waals surface area contributed by atoms with E-state index in [-0.39, 0.29) is 5.56 Å². The number of ether oxygens (including phenoxy) is 1. The van der Waals surface area contributed by atoms with Crippen LogP contribution in [-0.4, -0.2) is 33.0 Å². The predicted octanol–water partition coefficient (Wildman–Crippen LogP) is 1.98. The first-order chi connectivity index (χ1) is 9.02. The van der Waals surface area contributed by atoms with Gasteiger partial charge in [0.1, 0.15) is 11.6 Å². The van der Waals surface area contributed by atoms with Crippen molar-refractivity contribution in [2.45, 2.75) is 17.0 Å². The van der Waals surface area contributed by atoms with Crippen molar-refractivity contribution in [3.05, 3.63) is 29.6 Å². The molecule has 1 aromatic heterocycles. The van der Waals surface area contributed by atoms with Crippen molar-refractivity contribution in [2.24, 2.45) is 7.05 Å². The van der Waals surface area contributed by atoms with Crippen LogP contribution in [0.15, 0.2) is 28.3 Å². The lowest BCUT2D eigenvalue weighted by atomic mass is 10.2. The third-order valence-corrected chi connectivity index (χ3v) is 3.77. The Morgan fingerprint density at radius 2 is 2.16 bits per heavy atom. The number of aromatic carboxylic acids is 1. The Labute approximate surface area is 114 Å². The van der Waals surface area contributed by atoms with Gasteiger partial charge in [-0.15, -0.1) is 10.2 Å². The maximum Gasteiger partial charge on any atom is 0.336 e. The molecule has 0 saturated heterocycles. The number of carbonyl (C=O) groups is 1. The first-order valence-corrected chi connectivity index (χ1v) is 6.29. The zero-order chi connectivity index (χ0) is 14.0. The second-order valence-electron chi connectivity index (χ2n) is 3.86. The van der Waals surface area contributed by atoms with Gasteiger partial charge in [-0.2, -0.15) is 0 Å². The maximum atomic E-state index is 11.2. The van der Waals surface area contributed by atoms with Crippen LogP contribution in [0.2, 0.25) is 0 Å². The molecule has 0 aliphatic carbocycles. The zero-order valence-electron chi connectivity index (χ0n) is 10.7. The van der Waals surface area contributed by atoms with Crippen LogP contribution in [0.1, 0.15) is 16.2 Å². The number of hydrogen-bond donors (Lipinski definition) is 1. The summed E-state index contributed by atoms with van der Waals surface area (Å²) in [5.41, 5.74) is 0.214. The standard InChI is InChI=1S/C12H13N3O3S/c1-7-13-14-12(15(7)2)19-10-6-8(18-3)4-5-9(10)11(16)17/h4-6H,1-3H3,(H,16,17). The SMILES string of the molecule is COc1ccc(C(=O)O)c(Sc2nnc(C)n2C)c1. The molecule has 0 unspecified atom stereocenters. The van der Waals surface area contributed by atoms with Crippen LogP contribution in [0.4, 0.5) is 0 Å². The second kappa shape index (κ2) is 5.31. The topological polar surface area (TPSA) is 77.2 Å². The van der Waals surface area contributed by atoms with E-state index in [2.05, 4.69) is 10.2 Å². The van der Waals surface area contributed by atoms with Crippen LogP contribution < -0.4 is 4.74 Å². The third-order valence-electron chi connectivity index (χ3n) is 2.67. The molecule has 0 saturated carbocycles. The van der Waals surface area contributed by atoms with E-state index in [0.29, 0.717) is 15.8 Å². The number of carboxylic acids is 1. The minimum atomic E-state index is -0.982. The van der Waals surface area contributed by atoms with E-state index in [1.54, 1.807) is 16.7 Å². The fourth-order valence-electron chi connectivity index (χ4n) is 1.47. The molecule has 0 amide bonds. The van der Waals surface area contributed by atoms with Crippen LogP contribution >= 0.6 is 11.8 Å². The number of rotatable bonds is 4. The van der Waals surface area contributed by atoms with Gasteiger partial charge in [0.2, 0.25) is 0 Å². The number of hydrogen-bond acceptors (Lipinski definition) is 5. The number of carboxylic acid groups (broad SMARTS) is 1. The maximum absolute atomic E-state index is 11.2. The van der Waals surface area contributed by atoms with Crippen LogP contribution in [0, 0.1) is 6.92 Å². The van der Waals surface area contributed by atoms with Gasteiger partial charge < -0.3 is 14.4 Å². The Kier molecular flexibility index (Phi) is 3.75. The Morgan fingerprint density at radius 1 is 1.42 bits per heavy atom. The van der Waals surface area contributed by atoms with Crippen molar-refractivity contribution in [3.63, 3.8) is 0 Å². The first-order valence-electron chi connectivity index (χ1n) is 5.48. The lowest BCUT2D eigenvalue weighted by Gasteiger charge is -2.07. The molecule has 0 aliphatic rings. The van der Waals surface area contributed by atoms with E-state index in [1.165, 1.54) is 24.9 Å². The van der Waals surface area contributed by atoms with Gasteiger partial charge in [0.05, 0.1) is 12.7 Å². The Morgan fingerprint density at radius 3 is 2.68 bits per heavy atom. The van der Waals surface area contributed by atoms with Crippen molar-refractivity contribution in [1.82, 2.24) is 14.8 Å². The summed E-state index contributed by atoms with van der Waals surface area (Å²) in [4.78, 5) is 11.8.